The normalized spacial score (nSPS) is 9.50. The average molecular weight is 217 g/mol. The van der Waals surface area contributed by atoms with Crippen molar-refractivity contribution in [1.82, 2.24) is 9.88 Å². The van der Waals surface area contributed by atoms with Crippen molar-refractivity contribution in [3.05, 3.63) is 30.1 Å². The van der Waals surface area contributed by atoms with E-state index in [-0.39, 0.29) is 12.3 Å². The molecule has 0 saturated carbocycles. The summed E-state index contributed by atoms with van der Waals surface area (Å²) in [7, 11) is 1.76. The summed E-state index contributed by atoms with van der Waals surface area (Å²) in [5.41, 5.74) is 1.11. The standard InChI is InChI=1S/C12H15N3O/c1-15(12(16)5-2-7-13)9-6-11-4-3-8-14-10-11/h3-4,8,10H,2,5-6,9H2,1H3. The van der Waals surface area contributed by atoms with Crippen molar-refractivity contribution < 1.29 is 4.79 Å². The molecule has 1 amide bonds. The molecule has 0 unspecified atom stereocenters. The second-order valence-corrected chi connectivity index (χ2v) is 3.58. The number of amides is 1. The molecule has 0 aliphatic heterocycles. The maximum Gasteiger partial charge on any atom is 0.223 e. The van der Waals surface area contributed by atoms with Gasteiger partial charge in [-0.1, -0.05) is 6.07 Å². The zero-order chi connectivity index (χ0) is 11.8. The van der Waals surface area contributed by atoms with Gasteiger partial charge in [-0.3, -0.25) is 9.78 Å². The van der Waals surface area contributed by atoms with E-state index >= 15 is 0 Å². The van der Waals surface area contributed by atoms with Crippen LogP contribution in [0.15, 0.2) is 24.5 Å². The first-order chi connectivity index (χ1) is 7.74. The van der Waals surface area contributed by atoms with Crippen molar-refractivity contribution in [2.75, 3.05) is 13.6 Å². The van der Waals surface area contributed by atoms with Gasteiger partial charge in [0.2, 0.25) is 5.91 Å². The van der Waals surface area contributed by atoms with Crippen molar-refractivity contribution in [2.45, 2.75) is 19.3 Å². The largest absolute Gasteiger partial charge is 0.345 e. The molecule has 0 aliphatic rings. The number of nitrogens with zero attached hydrogens (tertiary/aromatic N) is 3. The van der Waals surface area contributed by atoms with E-state index in [9.17, 15) is 4.79 Å². The van der Waals surface area contributed by atoms with Crippen molar-refractivity contribution in [3.63, 3.8) is 0 Å². The third-order valence-corrected chi connectivity index (χ3v) is 2.34. The Kier molecular flexibility index (Phi) is 5.00. The first-order valence-electron chi connectivity index (χ1n) is 5.24. The first kappa shape index (κ1) is 12.2. The van der Waals surface area contributed by atoms with E-state index in [4.69, 9.17) is 5.26 Å². The summed E-state index contributed by atoms with van der Waals surface area (Å²) >= 11 is 0. The Labute approximate surface area is 95.5 Å². The molecular weight excluding hydrogens is 202 g/mol. The highest BCUT2D eigenvalue weighted by molar-refractivity contribution is 5.76. The van der Waals surface area contributed by atoms with Gasteiger partial charge in [-0.25, -0.2) is 0 Å². The minimum absolute atomic E-state index is 0.0189. The smallest absolute Gasteiger partial charge is 0.223 e. The van der Waals surface area contributed by atoms with Crippen LogP contribution in [0.2, 0.25) is 0 Å². The highest BCUT2D eigenvalue weighted by Gasteiger charge is 2.07. The molecule has 4 heteroatoms. The summed E-state index contributed by atoms with van der Waals surface area (Å²) < 4.78 is 0. The zero-order valence-electron chi connectivity index (χ0n) is 9.39. The molecule has 0 atom stereocenters. The van der Waals surface area contributed by atoms with E-state index in [1.165, 1.54) is 0 Å². The van der Waals surface area contributed by atoms with E-state index in [1.807, 2.05) is 18.2 Å². The topological polar surface area (TPSA) is 57.0 Å². The van der Waals surface area contributed by atoms with E-state index in [0.717, 1.165) is 12.0 Å². The third-order valence-electron chi connectivity index (χ3n) is 2.34. The number of pyridine rings is 1. The predicted octanol–water partition coefficient (Wildman–Crippen LogP) is 1.39. The minimum atomic E-state index is 0.0189. The van der Waals surface area contributed by atoms with E-state index < -0.39 is 0 Å². The van der Waals surface area contributed by atoms with E-state index in [1.54, 1.807) is 24.3 Å². The summed E-state index contributed by atoms with van der Waals surface area (Å²) in [5.74, 6) is 0.0189. The van der Waals surface area contributed by atoms with Gasteiger partial charge in [-0.15, -0.1) is 0 Å². The number of hydrogen-bond donors (Lipinski definition) is 0. The number of rotatable bonds is 5. The van der Waals surface area contributed by atoms with Gasteiger partial charge in [0, 0.05) is 38.8 Å². The fraction of sp³-hybridized carbons (Fsp3) is 0.417. The van der Waals surface area contributed by atoms with Gasteiger partial charge in [0.05, 0.1) is 6.07 Å². The van der Waals surface area contributed by atoms with Gasteiger partial charge in [0.1, 0.15) is 0 Å². The first-order valence-corrected chi connectivity index (χ1v) is 5.24. The van der Waals surface area contributed by atoms with Crippen LogP contribution in [0.1, 0.15) is 18.4 Å². The van der Waals surface area contributed by atoms with Crippen molar-refractivity contribution in [2.24, 2.45) is 0 Å². The van der Waals surface area contributed by atoms with Gasteiger partial charge in [0.15, 0.2) is 0 Å². The molecule has 0 N–H and O–H groups in total. The Hall–Kier alpha value is -1.89. The lowest BCUT2D eigenvalue weighted by Gasteiger charge is -2.16. The fourth-order valence-corrected chi connectivity index (χ4v) is 1.32. The van der Waals surface area contributed by atoms with Crippen molar-refractivity contribution >= 4 is 5.91 Å². The SMILES string of the molecule is CN(CCc1cccnc1)C(=O)CCC#N. The number of hydrogen-bond acceptors (Lipinski definition) is 3. The maximum atomic E-state index is 11.5. The molecule has 0 aliphatic carbocycles. The van der Waals surface area contributed by atoms with Crippen LogP contribution in [0.4, 0.5) is 0 Å². The van der Waals surface area contributed by atoms with Crippen molar-refractivity contribution in [3.8, 4) is 6.07 Å². The lowest BCUT2D eigenvalue weighted by molar-refractivity contribution is -0.129. The molecule has 0 aromatic carbocycles. The third kappa shape index (κ3) is 4.09. The molecule has 4 nitrogen and oxygen atoms in total. The van der Waals surface area contributed by atoms with Crippen LogP contribution >= 0.6 is 0 Å². The zero-order valence-corrected chi connectivity index (χ0v) is 9.39. The maximum absolute atomic E-state index is 11.5. The Balaban J connectivity index is 2.33. The van der Waals surface area contributed by atoms with Crippen LogP contribution in [-0.2, 0) is 11.2 Å². The second-order valence-electron chi connectivity index (χ2n) is 3.58. The van der Waals surface area contributed by atoms with Gasteiger partial charge < -0.3 is 4.90 Å². The van der Waals surface area contributed by atoms with Crippen LogP contribution in [-0.4, -0.2) is 29.4 Å². The Morgan fingerprint density at radius 3 is 3.06 bits per heavy atom. The summed E-state index contributed by atoms with van der Waals surface area (Å²) in [6.45, 7) is 0.663. The predicted molar refractivity (Wildman–Crippen MR) is 60.4 cm³/mol. The highest BCUT2D eigenvalue weighted by atomic mass is 16.2. The molecule has 0 spiro atoms. The summed E-state index contributed by atoms with van der Waals surface area (Å²) in [4.78, 5) is 17.2. The number of aromatic nitrogens is 1. The fourth-order valence-electron chi connectivity index (χ4n) is 1.32. The van der Waals surface area contributed by atoms with Crippen molar-refractivity contribution in [1.29, 1.82) is 5.26 Å². The number of likely N-dealkylation sites (N-methyl/N-ethyl adjacent to an activating group) is 1. The Morgan fingerprint density at radius 1 is 1.62 bits per heavy atom. The van der Waals surface area contributed by atoms with Crippen LogP contribution in [0.25, 0.3) is 0 Å². The summed E-state index contributed by atoms with van der Waals surface area (Å²) in [6, 6.07) is 5.84. The molecule has 0 saturated heterocycles. The highest BCUT2D eigenvalue weighted by Crippen LogP contribution is 2.00. The monoisotopic (exact) mass is 217 g/mol. The molecule has 1 rings (SSSR count). The summed E-state index contributed by atoms with van der Waals surface area (Å²) in [6.07, 6.45) is 4.91. The van der Waals surface area contributed by atoms with E-state index in [0.29, 0.717) is 13.0 Å². The molecule has 1 aromatic heterocycles. The van der Waals surface area contributed by atoms with Gasteiger partial charge in [-0.05, 0) is 18.1 Å². The van der Waals surface area contributed by atoms with Crippen LogP contribution in [0, 0.1) is 11.3 Å². The molecule has 0 radical (unpaired) electrons. The lowest BCUT2D eigenvalue weighted by Crippen LogP contribution is -2.28. The number of carbonyl (C=O) groups excluding carboxylic acids is 1. The molecule has 1 heterocycles. The van der Waals surface area contributed by atoms with Gasteiger partial charge in [0.25, 0.3) is 0 Å². The molecule has 84 valence electrons. The van der Waals surface area contributed by atoms with Crippen LogP contribution in [0.5, 0.6) is 0 Å². The molecule has 16 heavy (non-hydrogen) atoms. The van der Waals surface area contributed by atoms with E-state index in [2.05, 4.69) is 4.98 Å². The Morgan fingerprint density at radius 2 is 2.44 bits per heavy atom. The Bertz CT molecular complexity index is 370. The van der Waals surface area contributed by atoms with Crippen LogP contribution < -0.4 is 0 Å². The number of nitriles is 1. The molecule has 0 fully saturated rings. The second kappa shape index (κ2) is 6.57. The molecule has 1 aromatic rings. The summed E-state index contributed by atoms with van der Waals surface area (Å²) in [5, 5.41) is 8.38. The molecule has 0 bridgehead atoms. The average Bonchev–Trinajstić information content (AvgIpc) is 2.34. The number of carbonyl (C=O) groups is 1. The van der Waals surface area contributed by atoms with Crippen LogP contribution in [0.3, 0.4) is 0 Å². The minimum Gasteiger partial charge on any atom is -0.345 e. The molecular formula is C12H15N3O. The van der Waals surface area contributed by atoms with Gasteiger partial charge >= 0.3 is 0 Å². The van der Waals surface area contributed by atoms with Gasteiger partial charge in [-0.2, -0.15) is 5.26 Å². The quantitative estimate of drug-likeness (QED) is 0.748. The lowest BCUT2D eigenvalue weighted by atomic mass is 10.2.